The lowest BCUT2D eigenvalue weighted by molar-refractivity contribution is -0.141. The first-order valence-electron chi connectivity index (χ1n) is 8.78. The summed E-state index contributed by atoms with van der Waals surface area (Å²) in [5.41, 5.74) is 0. The molecule has 7 heteroatoms. The molecule has 23 heavy (non-hydrogen) atoms. The summed E-state index contributed by atoms with van der Waals surface area (Å²) in [6.45, 7) is 8.82. The van der Waals surface area contributed by atoms with Gasteiger partial charge in [0.15, 0.2) is 0 Å². The van der Waals surface area contributed by atoms with Gasteiger partial charge in [-0.1, -0.05) is 0 Å². The number of carbonyl (C=O) groups excluding carboxylic acids is 1. The number of hydrogen-bond acceptors (Lipinski definition) is 4. The van der Waals surface area contributed by atoms with Crippen LogP contribution in [0.2, 0.25) is 0 Å². The molecule has 134 valence electrons. The van der Waals surface area contributed by atoms with Crippen molar-refractivity contribution >= 4 is 15.9 Å². The number of nitrogens with zero attached hydrogens (tertiary/aromatic N) is 3. The van der Waals surface area contributed by atoms with Crippen LogP contribution >= 0.6 is 0 Å². The maximum Gasteiger partial charge on any atom is 0.241 e. The Morgan fingerprint density at radius 1 is 1.17 bits per heavy atom. The minimum Gasteiger partial charge on any atom is -0.338 e. The van der Waals surface area contributed by atoms with Gasteiger partial charge in [-0.15, -0.1) is 0 Å². The Bertz CT molecular complexity index is 513. The van der Waals surface area contributed by atoms with Crippen LogP contribution in [0.1, 0.15) is 46.5 Å². The third kappa shape index (κ3) is 4.06. The van der Waals surface area contributed by atoms with Gasteiger partial charge in [-0.3, -0.25) is 4.79 Å². The second kappa shape index (κ2) is 7.49. The van der Waals surface area contributed by atoms with Crippen LogP contribution in [0.25, 0.3) is 0 Å². The highest BCUT2D eigenvalue weighted by atomic mass is 32.2. The number of likely N-dealkylation sites (tertiary alicyclic amines) is 2. The third-order valence-electron chi connectivity index (χ3n) is 5.36. The number of carbonyl (C=O) groups is 1. The van der Waals surface area contributed by atoms with E-state index in [2.05, 4.69) is 18.7 Å². The molecule has 1 atom stereocenters. The molecule has 0 aromatic carbocycles. The fourth-order valence-corrected chi connectivity index (χ4v) is 4.68. The van der Waals surface area contributed by atoms with Gasteiger partial charge in [0.25, 0.3) is 0 Å². The second-order valence-electron chi connectivity index (χ2n) is 6.97. The Kier molecular flexibility index (Phi) is 6.08. The van der Waals surface area contributed by atoms with Crippen molar-refractivity contribution in [3.63, 3.8) is 0 Å². The van der Waals surface area contributed by atoms with E-state index in [0.717, 1.165) is 38.9 Å². The van der Waals surface area contributed by atoms with Crippen LogP contribution in [0.15, 0.2) is 0 Å². The van der Waals surface area contributed by atoms with Crippen molar-refractivity contribution < 1.29 is 13.2 Å². The van der Waals surface area contributed by atoms with Crippen LogP contribution in [0.3, 0.4) is 0 Å². The third-order valence-corrected chi connectivity index (χ3v) is 7.22. The quantitative estimate of drug-likeness (QED) is 0.749. The molecular weight excluding hydrogens is 314 g/mol. The maximum absolute atomic E-state index is 12.9. The van der Waals surface area contributed by atoms with Gasteiger partial charge in [-0.2, -0.15) is 4.31 Å². The molecule has 1 amide bonds. The summed E-state index contributed by atoms with van der Waals surface area (Å²) in [5.74, 6) is 0.0406. The Hall–Kier alpha value is -0.660. The van der Waals surface area contributed by atoms with Gasteiger partial charge in [0.2, 0.25) is 15.9 Å². The minimum atomic E-state index is -3.33. The first kappa shape index (κ1) is 18.7. The van der Waals surface area contributed by atoms with Crippen LogP contribution in [-0.2, 0) is 14.8 Å². The first-order chi connectivity index (χ1) is 10.8. The zero-order valence-electron chi connectivity index (χ0n) is 14.9. The molecule has 0 radical (unpaired) electrons. The van der Waals surface area contributed by atoms with Crippen LogP contribution in [0.5, 0.6) is 0 Å². The number of sulfonamides is 1. The van der Waals surface area contributed by atoms with E-state index in [9.17, 15) is 13.2 Å². The van der Waals surface area contributed by atoms with E-state index in [1.807, 2.05) is 4.90 Å². The molecular formula is C16H31N3O3S. The molecule has 0 aliphatic carbocycles. The zero-order chi connectivity index (χ0) is 17.2. The van der Waals surface area contributed by atoms with Gasteiger partial charge in [0.1, 0.15) is 6.04 Å². The summed E-state index contributed by atoms with van der Waals surface area (Å²) >= 11 is 0. The molecule has 0 aromatic heterocycles. The summed E-state index contributed by atoms with van der Waals surface area (Å²) in [6.07, 6.45) is 3.49. The summed E-state index contributed by atoms with van der Waals surface area (Å²) in [5, 5.41) is 0. The zero-order valence-corrected chi connectivity index (χ0v) is 15.7. The average molecular weight is 346 g/mol. The second-order valence-corrected chi connectivity index (χ2v) is 9.28. The lowest BCUT2D eigenvalue weighted by atomic mass is 9.97. The van der Waals surface area contributed by atoms with Crippen molar-refractivity contribution in [2.24, 2.45) is 0 Å². The van der Waals surface area contributed by atoms with Crippen molar-refractivity contribution in [3.05, 3.63) is 0 Å². The fraction of sp³-hybridized carbons (Fsp3) is 0.938. The molecule has 0 spiro atoms. The lowest BCUT2D eigenvalue weighted by Gasteiger charge is -2.44. The molecule has 2 rings (SSSR count). The Morgan fingerprint density at radius 3 is 2.30 bits per heavy atom. The summed E-state index contributed by atoms with van der Waals surface area (Å²) < 4.78 is 25.5. The van der Waals surface area contributed by atoms with Gasteiger partial charge in [0.05, 0.1) is 5.75 Å². The van der Waals surface area contributed by atoms with Crippen LogP contribution in [0.4, 0.5) is 0 Å². The van der Waals surface area contributed by atoms with Crippen molar-refractivity contribution in [3.8, 4) is 0 Å². The normalized spacial score (nSPS) is 25.6. The predicted molar refractivity (Wildman–Crippen MR) is 91.7 cm³/mol. The summed E-state index contributed by atoms with van der Waals surface area (Å²) in [4.78, 5) is 17.2. The maximum atomic E-state index is 12.9. The van der Waals surface area contributed by atoms with Gasteiger partial charge in [0, 0.05) is 38.8 Å². The number of rotatable bonds is 5. The standard InChI is InChI=1S/C16H31N3O3S/c1-5-23(21,22)17(4)15-7-6-10-19(16(15)20)14-8-11-18(12-9-14)13(2)3/h13-15H,5-12H2,1-4H3. The van der Waals surface area contributed by atoms with Gasteiger partial charge in [-0.25, -0.2) is 8.42 Å². The van der Waals surface area contributed by atoms with Crippen molar-refractivity contribution in [2.75, 3.05) is 32.4 Å². The van der Waals surface area contributed by atoms with Gasteiger partial charge < -0.3 is 9.80 Å². The van der Waals surface area contributed by atoms with E-state index in [4.69, 9.17) is 0 Å². The van der Waals surface area contributed by atoms with E-state index < -0.39 is 16.1 Å². The lowest BCUT2D eigenvalue weighted by Crippen LogP contribution is -2.57. The molecule has 2 aliphatic heterocycles. The number of amides is 1. The molecule has 6 nitrogen and oxygen atoms in total. The number of hydrogen-bond donors (Lipinski definition) is 0. The summed E-state index contributed by atoms with van der Waals surface area (Å²) in [7, 11) is -1.78. The SMILES string of the molecule is CCS(=O)(=O)N(C)C1CCCN(C2CCN(C(C)C)CC2)C1=O. The number of piperidine rings is 2. The molecule has 2 fully saturated rings. The molecule has 1 unspecified atom stereocenters. The highest BCUT2D eigenvalue weighted by Gasteiger charge is 2.39. The van der Waals surface area contributed by atoms with E-state index >= 15 is 0 Å². The summed E-state index contributed by atoms with van der Waals surface area (Å²) in [6, 6.07) is 0.288. The smallest absolute Gasteiger partial charge is 0.241 e. The van der Waals surface area contributed by atoms with Crippen molar-refractivity contribution in [1.82, 2.24) is 14.1 Å². The van der Waals surface area contributed by atoms with E-state index in [1.54, 1.807) is 14.0 Å². The monoisotopic (exact) mass is 345 g/mol. The molecule has 0 aromatic rings. The molecule has 0 bridgehead atoms. The number of likely N-dealkylation sites (N-methyl/N-ethyl adjacent to an activating group) is 1. The molecule has 2 saturated heterocycles. The van der Waals surface area contributed by atoms with E-state index in [-0.39, 0.29) is 17.7 Å². The Balaban J connectivity index is 2.03. The minimum absolute atomic E-state index is 0.00114. The first-order valence-corrected chi connectivity index (χ1v) is 10.4. The Morgan fingerprint density at radius 2 is 1.78 bits per heavy atom. The average Bonchev–Trinajstić information content (AvgIpc) is 2.54. The molecule has 0 saturated carbocycles. The molecule has 2 heterocycles. The Labute approximate surface area is 140 Å². The fourth-order valence-electron chi connectivity index (χ4n) is 3.69. The van der Waals surface area contributed by atoms with Crippen LogP contribution in [-0.4, -0.2) is 79.0 Å². The van der Waals surface area contributed by atoms with Crippen LogP contribution in [0, 0.1) is 0 Å². The largest absolute Gasteiger partial charge is 0.338 e. The van der Waals surface area contributed by atoms with Gasteiger partial charge >= 0.3 is 0 Å². The van der Waals surface area contributed by atoms with Crippen LogP contribution < -0.4 is 0 Å². The van der Waals surface area contributed by atoms with Gasteiger partial charge in [-0.05, 0) is 46.5 Å². The highest BCUT2D eigenvalue weighted by Crippen LogP contribution is 2.25. The van der Waals surface area contributed by atoms with Crippen molar-refractivity contribution in [2.45, 2.75) is 64.6 Å². The van der Waals surface area contributed by atoms with E-state index in [1.165, 1.54) is 4.31 Å². The predicted octanol–water partition coefficient (Wildman–Crippen LogP) is 1.13. The topological polar surface area (TPSA) is 60.9 Å². The highest BCUT2D eigenvalue weighted by molar-refractivity contribution is 7.89. The van der Waals surface area contributed by atoms with Crippen molar-refractivity contribution in [1.29, 1.82) is 0 Å². The molecule has 0 N–H and O–H groups in total. The van der Waals surface area contributed by atoms with E-state index in [0.29, 0.717) is 12.5 Å². The molecule has 2 aliphatic rings.